The molecule has 2 aliphatic heterocycles. The largest absolute Gasteiger partial charge is 0.347 e. The molecule has 2 aromatic rings. The molecular formula is C39H56N10O3. The van der Waals surface area contributed by atoms with Crippen molar-refractivity contribution in [3.05, 3.63) is 48.5 Å². The highest BCUT2D eigenvalue weighted by molar-refractivity contribution is 6.34. The van der Waals surface area contributed by atoms with Crippen LogP contribution in [0.5, 0.6) is 0 Å². The van der Waals surface area contributed by atoms with Gasteiger partial charge in [-0.1, -0.05) is 52.0 Å². The van der Waals surface area contributed by atoms with Gasteiger partial charge in [0.2, 0.25) is 18.2 Å². The molecule has 280 valence electrons. The number of nitrogens with two attached hydrogens (primary N) is 2. The Morgan fingerprint density at radius 1 is 0.731 bits per heavy atom. The number of carbonyl (C=O) groups is 3. The number of hydrazone groups is 2. The summed E-state index contributed by atoms with van der Waals surface area (Å²) >= 11 is 0. The molecule has 4 unspecified atom stereocenters. The summed E-state index contributed by atoms with van der Waals surface area (Å²) in [6.45, 7) is 15.3. The van der Waals surface area contributed by atoms with Crippen molar-refractivity contribution in [2.24, 2.45) is 43.7 Å². The Hall–Kier alpha value is -4.91. The third-order valence-corrected chi connectivity index (χ3v) is 9.51. The van der Waals surface area contributed by atoms with Crippen LogP contribution in [0.4, 0.5) is 11.4 Å². The van der Waals surface area contributed by atoms with Gasteiger partial charge in [0.25, 0.3) is 0 Å². The monoisotopic (exact) mass is 712 g/mol. The van der Waals surface area contributed by atoms with E-state index in [0.29, 0.717) is 43.0 Å². The Balaban J connectivity index is 1.40. The number of aliphatic imine (C=N–C) groups is 2. The quantitative estimate of drug-likeness (QED) is 0.0964. The van der Waals surface area contributed by atoms with E-state index in [1.165, 1.54) is 0 Å². The second kappa shape index (κ2) is 18.0. The molecule has 2 fully saturated rings. The van der Waals surface area contributed by atoms with Crippen LogP contribution in [0.15, 0.2) is 68.7 Å². The van der Waals surface area contributed by atoms with Crippen LogP contribution < -0.4 is 22.3 Å². The molecule has 2 aromatic carbocycles. The van der Waals surface area contributed by atoms with Gasteiger partial charge in [-0.15, -0.1) is 0 Å². The highest BCUT2D eigenvalue weighted by Crippen LogP contribution is 2.27. The van der Waals surface area contributed by atoms with Crippen molar-refractivity contribution in [1.82, 2.24) is 20.4 Å². The topological polar surface area (TPSA) is 183 Å². The second-order valence-electron chi connectivity index (χ2n) is 15.2. The summed E-state index contributed by atoms with van der Waals surface area (Å²) in [6.07, 6.45) is 7.04. The molecule has 13 nitrogen and oxygen atoms in total. The number of hydrogen-bond donors (Lipinski definition) is 4. The predicted octanol–water partition coefficient (Wildman–Crippen LogP) is 4.55. The minimum atomic E-state index is -0.612. The number of likely N-dealkylation sites (tertiary alicyclic amines) is 2. The van der Waals surface area contributed by atoms with E-state index >= 15 is 0 Å². The summed E-state index contributed by atoms with van der Waals surface area (Å²) in [7, 11) is 0. The molecule has 0 spiro atoms. The number of nitrogens with one attached hydrogen (secondary N) is 2. The van der Waals surface area contributed by atoms with Gasteiger partial charge in [-0.2, -0.15) is 10.2 Å². The van der Waals surface area contributed by atoms with Crippen molar-refractivity contribution in [1.29, 1.82) is 0 Å². The molecule has 52 heavy (non-hydrogen) atoms. The first-order chi connectivity index (χ1) is 24.8. The van der Waals surface area contributed by atoms with Gasteiger partial charge in [-0.25, -0.2) is 0 Å². The van der Waals surface area contributed by atoms with Crippen molar-refractivity contribution in [3.8, 4) is 11.1 Å². The average Bonchev–Trinajstić information content (AvgIpc) is 3.81. The van der Waals surface area contributed by atoms with Crippen LogP contribution >= 0.6 is 0 Å². The van der Waals surface area contributed by atoms with Crippen molar-refractivity contribution in [2.75, 3.05) is 13.1 Å². The predicted molar refractivity (Wildman–Crippen MR) is 210 cm³/mol. The molecule has 2 aliphatic rings. The van der Waals surface area contributed by atoms with Crippen LogP contribution in [0.2, 0.25) is 0 Å². The third kappa shape index (κ3) is 10.1. The zero-order valence-corrected chi connectivity index (χ0v) is 31.6. The van der Waals surface area contributed by atoms with Crippen molar-refractivity contribution in [2.45, 2.75) is 104 Å². The van der Waals surface area contributed by atoms with Crippen LogP contribution in [-0.2, 0) is 14.4 Å². The van der Waals surface area contributed by atoms with Gasteiger partial charge in [0.1, 0.15) is 17.5 Å². The number of benzene rings is 2. The van der Waals surface area contributed by atoms with Crippen LogP contribution in [0.25, 0.3) is 11.1 Å². The van der Waals surface area contributed by atoms with Gasteiger partial charge < -0.3 is 32.1 Å². The Bertz CT molecular complexity index is 1640. The summed E-state index contributed by atoms with van der Waals surface area (Å²) in [6, 6.07) is 14.2. The van der Waals surface area contributed by atoms with Crippen LogP contribution in [0.3, 0.4) is 0 Å². The van der Waals surface area contributed by atoms with Gasteiger partial charge in [0.05, 0.1) is 41.9 Å². The SMILES string of the molecule is CC(C)C(NC=O)C(=O)N1CCCC1/C(C=Nc1ccc(-c2ccc(N=C/C(=N\N)C3CCCN3C(=O)C(NC(C)(C)C)C(C)C)cc2)cc1)=N/N. The number of hydrogen-bond acceptors (Lipinski definition) is 10. The fraction of sp³-hybridized carbons (Fsp3) is 0.513. The number of nitrogens with zero attached hydrogens (tertiary/aromatic N) is 6. The van der Waals surface area contributed by atoms with E-state index in [-0.39, 0.29) is 47.3 Å². The molecule has 3 amide bonds. The normalized spacial score (nSPS) is 20.0. The summed E-state index contributed by atoms with van der Waals surface area (Å²) in [5.74, 6) is 11.6. The third-order valence-electron chi connectivity index (χ3n) is 9.51. The number of carbonyl (C=O) groups excluding carboxylic acids is 3. The fourth-order valence-electron chi connectivity index (χ4n) is 6.81. The number of amides is 3. The molecular weight excluding hydrogens is 656 g/mol. The Morgan fingerprint density at radius 3 is 1.48 bits per heavy atom. The molecule has 0 aromatic heterocycles. The minimum Gasteiger partial charge on any atom is -0.347 e. The lowest BCUT2D eigenvalue weighted by molar-refractivity contribution is -0.136. The molecule has 0 bridgehead atoms. The summed E-state index contributed by atoms with van der Waals surface area (Å²) in [5, 5.41) is 14.2. The molecule has 0 saturated carbocycles. The summed E-state index contributed by atoms with van der Waals surface area (Å²) in [5.41, 5.74) is 4.35. The number of rotatable bonds is 14. The molecule has 13 heteroatoms. The van der Waals surface area contributed by atoms with Gasteiger partial charge in [0, 0.05) is 18.6 Å². The average molecular weight is 713 g/mol. The van der Waals surface area contributed by atoms with Crippen molar-refractivity contribution in [3.63, 3.8) is 0 Å². The maximum Gasteiger partial charge on any atom is 0.245 e. The molecule has 4 rings (SSSR count). The lowest BCUT2D eigenvalue weighted by Gasteiger charge is -2.35. The lowest BCUT2D eigenvalue weighted by atomic mass is 9.97. The molecule has 4 atom stereocenters. The molecule has 0 radical (unpaired) electrons. The Morgan fingerprint density at radius 2 is 1.13 bits per heavy atom. The van der Waals surface area contributed by atoms with E-state index in [1.807, 2.05) is 67.3 Å². The van der Waals surface area contributed by atoms with Gasteiger partial charge >= 0.3 is 0 Å². The van der Waals surface area contributed by atoms with Crippen molar-refractivity contribution >= 4 is 53.5 Å². The first kappa shape index (κ1) is 39.9. The van der Waals surface area contributed by atoms with Crippen LogP contribution in [0, 0.1) is 11.8 Å². The van der Waals surface area contributed by atoms with E-state index in [2.05, 4.69) is 65.4 Å². The standard InChI is InChI=1S/C39H56N10O3/c1-25(2)35(44-24-50)37(51)48-20-8-10-33(48)31(46-40)22-42-29-16-12-27(13-17-29)28-14-18-30(19-15-28)43-23-32(47-41)34-11-9-21-49(34)38(52)36(26(3)4)45-39(5,6)7/h12-19,22-26,33-36,45H,8-11,20-21,40-41H2,1-7H3,(H,44,50)/b42-22?,43-23?,46-31+,47-32+. The molecule has 0 aliphatic carbocycles. The smallest absolute Gasteiger partial charge is 0.245 e. The Kier molecular flexibility index (Phi) is 13.8. The van der Waals surface area contributed by atoms with E-state index in [4.69, 9.17) is 11.7 Å². The minimum absolute atomic E-state index is 0.0581. The first-order valence-electron chi connectivity index (χ1n) is 18.2. The van der Waals surface area contributed by atoms with Crippen LogP contribution in [-0.4, -0.2) is 94.7 Å². The maximum atomic E-state index is 13.7. The summed E-state index contributed by atoms with van der Waals surface area (Å²) < 4.78 is 0. The highest BCUT2D eigenvalue weighted by Gasteiger charge is 2.38. The van der Waals surface area contributed by atoms with Gasteiger partial charge in [-0.3, -0.25) is 24.4 Å². The molecule has 2 heterocycles. The van der Waals surface area contributed by atoms with E-state index < -0.39 is 6.04 Å². The zero-order valence-electron chi connectivity index (χ0n) is 31.6. The van der Waals surface area contributed by atoms with Gasteiger partial charge in [-0.05, 0) is 93.7 Å². The Labute approximate surface area is 308 Å². The van der Waals surface area contributed by atoms with Gasteiger partial charge in [0.15, 0.2) is 0 Å². The summed E-state index contributed by atoms with van der Waals surface area (Å²) in [4.78, 5) is 50.9. The first-order valence-corrected chi connectivity index (χ1v) is 18.2. The van der Waals surface area contributed by atoms with E-state index in [0.717, 1.165) is 36.1 Å². The van der Waals surface area contributed by atoms with Crippen molar-refractivity contribution < 1.29 is 14.4 Å². The van der Waals surface area contributed by atoms with Crippen LogP contribution in [0.1, 0.15) is 74.1 Å². The highest BCUT2D eigenvalue weighted by atomic mass is 16.2. The van der Waals surface area contributed by atoms with E-state index in [1.54, 1.807) is 17.3 Å². The maximum absolute atomic E-state index is 13.7. The zero-order chi connectivity index (χ0) is 38.0. The lowest BCUT2D eigenvalue weighted by Crippen LogP contribution is -2.56. The molecule has 6 N–H and O–H groups in total. The molecule has 2 saturated heterocycles. The fourth-order valence-corrected chi connectivity index (χ4v) is 6.81. The second-order valence-corrected chi connectivity index (χ2v) is 15.2. The van der Waals surface area contributed by atoms with E-state index in [9.17, 15) is 14.4 Å².